The molecule has 0 spiro atoms. The zero-order chi connectivity index (χ0) is 15.5. The number of amides is 1. The summed E-state index contributed by atoms with van der Waals surface area (Å²) in [4.78, 5) is 21.3. The number of carbonyl (C=O) groups is 1. The first kappa shape index (κ1) is 16.2. The molecule has 0 aliphatic rings. The average Bonchev–Trinajstić information content (AvgIpc) is 2.30. The molecule has 0 saturated carbocycles. The Hall–Kier alpha value is -1.83. The summed E-state index contributed by atoms with van der Waals surface area (Å²) in [6.07, 6.45) is -5.27. The van der Waals surface area contributed by atoms with E-state index < -0.39 is 29.3 Å². The molecule has 0 aromatic heterocycles. The minimum atomic E-state index is -4.48. The van der Waals surface area contributed by atoms with Gasteiger partial charge in [0.2, 0.25) is 5.91 Å². The molecule has 0 radical (unpaired) electrons. The molecule has 1 aromatic rings. The van der Waals surface area contributed by atoms with Crippen molar-refractivity contribution in [2.75, 3.05) is 5.32 Å². The van der Waals surface area contributed by atoms with E-state index in [2.05, 4.69) is 5.32 Å². The number of non-ortho nitro benzene ring substituents is 1. The molecule has 1 aromatic carbocycles. The van der Waals surface area contributed by atoms with Crippen LogP contribution in [-0.2, 0) is 4.79 Å². The van der Waals surface area contributed by atoms with Crippen molar-refractivity contribution >= 4 is 28.9 Å². The lowest BCUT2D eigenvalue weighted by Crippen LogP contribution is -2.25. The molecule has 20 heavy (non-hydrogen) atoms. The van der Waals surface area contributed by atoms with Crippen molar-refractivity contribution in [2.45, 2.75) is 19.5 Å². The molecule has 0 bridgehead atoms. The molecule has 1 amide bonds. The summed E-state index contributed by atoms with van der Waals surface area (Å²) in [5.41, 5.74) is -0.422. The summed E-state index contributed by atoms with van der Waals surface area (Å²) < 4.78 is 36.9. The van der Waals surface area contributed by atoms with Crippen LogP contribution in [0, 0.1) is 16.0 Å². The smallest absolute Gasteiger partial charge is 0.325 e. The molecule has 0 saturated heterocycles. The van der Waals surface area contributed by atoms with Crippen LogP contribution in [0.2, 0.25) is 5.02 Å². The van der Waals surface area contributed by atoms with Gasteiger partial charge in [-0.15, -0.1) is 0 Å². The standard InChI is InChI=1S/C11H10ClF3N2O3/c1-6(11(13,14)15)4-10(18)16-9-5-7(17(19)20)2-3-8(9)12/h2-3,5-6H,4H2,1H3,(H,16,18). The van der Waals surface area contributed by atoms with Gasteiger partial charge in [-0.1, -0.05) is 18.5 Å². The zero-order valence-electron chi connectivity index (χ0n) is 10.2. The predicted molar refractivity (Wildman–Crippen MR) is 66.6 cm³/mol. The van der Waals surface area contributed by atoms with E-state index in [9.17, 15) is 28.1 Å². The van der Waals surface area contributed by atoms with Gasteiger partial charge in [-0.3, -0.25) is 14.9 Å². The number of nitro groups is 1. The Bertz CT molecular complexity index is 534. The molecule has 5 nitrogen and oxygen atoms in total. The van der Waals surface area contributed by atoms with Gasteiger partial charge in [0.05, 0.1) is 21.6 Å². The Balaban J connectivity index is 2.80. The van der Waals surface area contributed by atoms with Gasteiger partial charge in [0, 0.05) is 18.6 Å². The Morgan fingerprint density at radius 3 is 2.60 bits per heavy atom. The van der Waals surface area contributed by atoms with Crippen LogP contribution in [0.15, 0.2) is 18.2 Å². The molecule has 1 unspecified atom stereocenters. The average molecular weight is 311 g/mol. The van der Waals surface area contributed by atoms with Crippen molar-refractivity contribution in [3.63, 3.8) is 0 Å². The second kappa shape index (κ2) is 6.08. The third-order valence-electron chi connectivity index (χ3n) is 2.49. The molecule has 110 valence electrons. The second-order valence-corrected chi connectivity index (χ2v) is 4.52. The lowest BCUT2D eigenvalue weighted by atomic mass is 10.1. The van der Waals surface area contributed by atoms with E-state index >= 15 is 0 Å². The van der Waals surface area contributed by atoms with Gasteiger partial charge in [0.25, 0.3) is 5.69 Å². The van der Waals surface area contributed by atoms with E-state index in [0.29, 0.717) is 0 Å². The highest BCUT2D eigenvalue weighted by Crippen LogP contribution is 2.30. The van der Waals surface area contributed by atoms with Gasteiger partial charge >= 0.3 is 6.18 Å². The Kier molecular flexibility index (Phi) is 4.93. The maximum Gasteiger partial charge on any atom is 0.392 e. The number of hydrogen-bond acceptors (Lipinski definition) is 3. The minimum Gasteiger partial charge on any atom is -0.325 e. The molecule has 0 aliphatic heterocycles. The van der Waals surface area contributed by atoms with Crippen LogP contribution >= 0.6 is 11.6 Å². The van der Waals surface area contributed by atoms with Crippen LogP contribution in [0.5, 0.6) is 0 Å². The molecular weight excluding hydrogens is 301 g/mol. The monoisotopic (exact) mass is 310 g/mol. The van der Waals surface area contributed by atoms with E-state index in [1.54, 1.807) is 0 Å². The number of rotatable bonds is 4. The van der Waals surface area contributed by atoms with E-state index in [1.165, 1.54) is 6.07 Å². The molecule has 0 heterocycles. The maximum atomic E-state index is 12.3. The van der Waals surface area contributed by atoms with E-state index in [4.69, 9.17) is 11.6 Å². The summed E-state index contributed by atoms with van der Waals surface area (Å²) >= 11 is 5.71. The highest BCUT2D eigenvalue weighted by atomic mass is 35.5. The van der Waals surface area contributed by atoms with Crippen molar-refractivity contribution in [3.8, 4) is 0 Å². The van der Waals surface area contributed by atoms with Crippen LogP contribution in [0.25, 0.3) is 0 Å². The lowest BCUT2D eigenvalue weighted by Gasteiger charge is -2.15. The summed E-state index contributed by atoms with van der Waals surface area (Å²) in [5, 5.41) is 12.7. The summed E-state index contributed by atoms with van der Waals surface area (Å²) in [6, 6.07) is 3.29. The first-order valence-electron chi connectivity index (χ1n) is 5.41. The molecule has 1 atom stereocenters. The highest BCUT2D eigenvalue weighted by molar-refractivity contribution is 6.33. The third kappa shape index (κ3) is 4.37. The van der Waals surface area contributed by atoms with Gasteiger partial charge in [-0.2, -0.15) is 13.2 Å². The molecule has 1 N–H and O–H groups in total. The van der Waals surface area contributed by atoms with Gasteiger partial charge in [0.1, 0.15) is 0 Å². The van der Waals surface area contributed by atoms with Crippen molar-refractivity contribution < 1.29 is 22.9 Å². The first-order valence-corrected chi connectivity index (χ1v) is 5.79. The molecule has 1 rings (SSSR count). The van der Waals surface area contributed by atoms with Crippen LogP contribution in [0.4, 0.5) is 24.5 Å². The van der Waals surface area contributed by atoms with Crippen molar-refractivity contribution in [3.05, 3.63) is 33.3 Å². The van der Waals surface area contributed by atoms with Crippen molar-refractivity contribution in [1.82, 2.24) is 0 Å². The van der Waals surface area contributed by atoms with Gasteiger partial charge in [-0.05, 0) is 6.07 Å². The fourth-order valence-electron chi connectivity index (χ4n) is 1.32. The van der Waals surface area contributed by atoms with Gasteiger partial charge in [-0.25, -0.2) is 0 Å². The van der Waals surface area contributed by atoms with Gasteiger partial charge in [0.15, 0.2) is 0 Å². The Morgan fingerprint density at radius 2 is 2.10 bits per heavy atom. The number of anilines is 1. The number of nitro benzene ring substituents is 1. The van der Waals surface area contributed by atoms with E-state index in [-0.39, 0.29) is 16.4 Å². The highest BCUT2D eigenvalue weighted by Gasteiger charge is 2.37. The minimum absolute atomic E-state index is 0.00334. The summed E-state index contributed by atoms with van der Waals surface area (Å²) in [7, 11) is 0. The van der Waals surface area contributed by atoms with Crippen LogP contribution < -0.4 is 5.32 Å². The number of carbonyl (C=O) groups excluding carboxylic acids is 1. The van der Waals surface area contributed by atoms with Crippen molar-refractivity contribution in [2.24, 2.45) is 5.92 Å². The molecule has 0 fully saturated rings. The lowest BCUT2D eigenvalue weighted by molar-refractivity contribution is -0.384. The molecular formula is C11H10ClF3N2O3. The Morgan fingerprint density at radius 1 is 1.50 bits per heavy atom. The largest absolute Gasteiger partial charge is 0.392 e. The second-order valence-electron chi connectivity index (χ2n) is 4.12. The van der Waals surface area contributed by atoms with Gasteiger partial charge < -0.3 is 5.32 Å². The predicted octanol–water partition coefficient (Wildman–Crippen LogP) is 3.78. The third-order valence-corrected chi connectivity index (χ3v) is 2.81. The SMILES string of the molecule is CC(CC(=O)Nc1cc([N+](=O)[O-])ccc1Cl)C(F)(F)F. The number of alkyl halides is 3. The maximum absolute atomic E-state index is 12.3. The number of nitrogens with one attached hydrogen (secondary N) is 1. The normalized spacial score (nSPS) is 12.8. The van der Waals surface area contributed by atoms with E-state index in [1.807, 2.05) is 0 Å². The first-order chi connectivity index (χ1) is 9.11. The number of nitrogens with zero attached hydrogens (tertiary/aromatic N) is 1. The molecule has 9 heteroatoms. The van der Waals surface area contributed by atoms with Crippen molar-refractivity contribution in [1.29, 1.82) is 0 Å². The summed E-state index contributed by atoms with van der Waals surface area (Å²) in [5.74, 6) is -2.74. The molecule has 0 aliphatic carbocycles. The fraction of sp³-hybridized carbons (Fsp3) is 0.364. The topological polar surface area (TPSA) is 72.2 Å². The number of hydrogen-bond donors (Lipinski definition) is 1. The van der Waals surface area contributed by atoms with Crippen LogP contribution in [-0.4, -0.2) is 17.0 Å². The summed E-state index contributed by atoms with van der Waals surface area (Å²) in [6.45, 7) is 0.870. The van der Waals surface area contributed by atoms with Crippen LogP contribution in [0.3, 0.4) is 0 Å². The fourth-order valence-corrected chi connectivity index (χ4v) is 1.48. The number of halogens is 4. The van der Waals surface area contributed by atoms with Crippen LogP contribution in [0.1, 0.15) is 13.3 Å². The Labute approximate surface area is 116 Å². The quantitative estimate of drug-likeness (QED) is 0.679. The zero-order valence-corrected chi connectivity index (χ0v) is 11.0. The van der Waals surface area contributed by atoms with E-state index in [0.717, 1.165) is 19.1 Å². The number of benzene rings is 1.